The van der Waals surface area contributed by atoms with E-state index in [9.17, 15) is 4.79 Å². The summed E-state index contributed by atoms with van der Waals surface area (Å²) in [6, 6.07) is 4.14. The number of nitrogens with one attached hydrogen (secondary N) is 1. The predicted molar refractivity (Wildman–Crippen MR) is 77.5 cm³/mol. The summed E-state index contributed by atoms with van der Waals surface area (Å²) in [7, 11) is 0. The molecule has 18 heavy (non-hydrogen) atoms. The van der Waals surface area contributed by atoms with Crippen LogP contribution in [-0.2, 0) is 4.79 Å². The van der Waals surface area contributed by atoms with Gasteiger partial charge in [0.25, 0.3) is 0 Å². The smallest absolute Gasteiger partial charge is 0.220 e. The maximum Gasteiger partial charge on any atom is 0.220 e. The first kappa shape index (κ1) is 15.2. The zero-order valence-corrected chi connectivity index (χ0v) is 12.3. The first-order valence-electron chi connectivity index (χ1n) is 6.55. The number of hydrogen-bond acceptors (Lipinski definition) is 3. The summed E-state index contributed by atoms with van der Waals surface area (Å²) in [6.45, 7) is 6.92. The van der Waals surface area contributed by atoms with Gasteiger partial charge in [-0.15, -0.1) is 11.3 Å². The number of thiophene rings is 1. The molecule has 2 atom stereocenters. The normalized spacial score (nSPS) is 14.5. The summed E-state index contributed by atoms with van der Waals surface area (Å²) < 4.78 is 0. The molecular weight excluding hydrogens is 244 g/mol. The molecular formula is C14H24N2OS. The maximum absolute atomic E-state index is 11.9. The van der Waals surface area contributed by atoms with Crippen LogP contribution in [0.1, 0.15) is 44.5 Å². The second-order valence-corrected chi connectivity index (χ2v) is 6.22. The van der Waals surface area contributed by atoms with Crippen LogP contribution in [0.4, 0.5) is 0 Å². The molecule has 0 aliphatic carbocycles. The Bertz CT molecular complexity index is 349. The highest BCUT2D eigenvalue weighted by atomic mass is 32.1. The molecule has 1 amide bonds. The molecule has 0 saturated heterocycles. The van der Waals surface area contributed by atoms with E-state index in [1.165, 1.54) is 4.88 Å². The van der Waals surface area contributed by atoms with Crippen LogP contribution in [0, 0.1) is 11.8 Å². The maximum atomic E-state index is 11.9. The number of nitrogens with two attached hydrogens (primary N) is 1. The number of carbonyl (C=O) groups excluding carboxylic acids is 1. The van der Waals surface area contributed by atoms with Gasteiger partial charge in [-0.05, 0) is 43.2 Å². The van der Waals surface area contributed by atoms with Crippen LogP contribution in [0.5, 0.6) is 0 Å². The van der Waals surface area contributed by atoms with Crippen molar-refractivity contribution in [1.29, 1.82) is 0 Å². The Morgan fingerprint density at radius 3 is 2.67 bits per heavy atom. The van der Waals surface area contributed by atoms with E-state index in [0.717, 1.165) is 6.42 Å². The van der Waals surface area contributed by atoms with Crippen molar-refractivity contribution in [3.63, 3.8) is 0 Å². The van der Waals surface area contributed by atoms with E-state index in [2.05, 4.69) is 19.2 Å². The molecule has 1 rings (SSSR count). The number of amides is 1. The van der Waals surface area contributed by atoms with E-state index in [-0.39, 0.29) is 11.9 Å². The minimum Gasteiger partial charge on any atom is -0.349 e. The highest BCUT2D eigenvalue weighted by molar-refractivity contribution is 7.10. The summed E-state index contributed by atoms with van der Waals surface area (Å²) in [6.07, 6.45) is 1.54. The Balaban J connectivity index is 2.40. The van der Waals surface area contributed by atoms with Gasteiger partial charge in [-0.25, -0.2) is 0 Å². The fourth-order valence-electron chi connectivity index (χ4n) is 2.10. The predicted octanol–water partition coefficient (Wildman–Crippen LogP) is 2.94. The lowest BCUT2D eigenvalue weighted by molar-refractivity contribution is -0.122. The molecule has 3 N–H and O–H groups in total. The topological polar surface area (TPSA) is 55.1 Å². The summed E-state index contributed by atoms with van der Waals surface area (Å²) in [5, 5.41) is 5.06. The highest BCUT2D eigenvalue weighted by Crippen LogP contribution is 2.19. The molecule has 0 aliphatic heterocycles. The van der Waals surface area contributed by atoms with E-state index in [1.54, 1.807) is 11.3 Å². The standard InChI is InChI=1S/C14H24N2OS/c1-10(2)7-12(9-15)8-14(17)16-11(3)13-5-4-6-18-13/h4-6,10-12H,7-9,15H2,1-3H3,(H,16,17)/t11?,12-/m0/s1. The second kappa shape index (κ2) is 7.54. The molecule has 0 fully saturated rings. The van der Waals surface area contributed by atoms with Gasteiger partial charge in [-0.3, -0.25) is 4.79 Å². The third-order valence-electron chi connectivity index (χ3n) is 2.96. The highest BCUT2D eigenvalue weighted by Gasteiger charge is 2.16. The van der Waals surface area contributed by atoms with E-state index in [0.29, 0.717) is 24.8 Å². The monoisotopic (exact) mass is 268 g/mol. The Morgan fingerprint density at radius 2 is 2.17 bits per heavy atom. The first-order chi connectivity index (χ1) is 8.52. The lowest BCUT2D eigenvalue weighted by Gasteiger charge is -2.18. The lowest BCUT2D eigenvalue weighted by Crippen LogP contribution is -2.30. The molecule has 0 radical (unpaired) electrons. The summed E-state index contributed by atoms with van der Waals surface area (Å²) in [5.41, 5.74) is 5.72. The molecule has 0 spiro atoms. The van der Waals surface area contributed by atoms with Crippen molar-refractivity contribution in [3.8, 4) is 0 Å². The molecule has 0 bridgehead atoms. The number of hydrogen-bond donors (Lipinski definition) is 2. The zero-order chi connectivity index (χ0) is 13.5. The molecule has 0 saturated carbocycles. The molecule has 1 heterocycles. The molecule has 1 aromatic heterocycles. The van der Waals surface area contributed by atoms with Crippen LogP contribution in [0.3, 0.4) is 0 Å². The van der Waals surface area contributed by atoms with E-state index < -0.39 is 0 Å². The van der Waals surface area contributed by atoms with E-state index >= 15 is 0 Å². The molecule has 1 unspecified atom stereocenters. The SMILES string of the molecule is CC(C)C[C@H](CN)CC(=O)NC(C)c1cccs1. The average Bonchev–Trinajstić information content (AvgIpc) is 2.80. The van der Waals surface area contributed by atoms with Crippen LogP contribution >= 0.6 is 11.3 Å². The fraction of sp³-hybridized carbons (Fsp3) is 0.643. The van der Waals surface area contributed by atoms with Crippen LogP contribution in [0.15, 0.2) is 17.5 Å². The largest absolute Gasteiger partial charge is 0.349 e. The van der Waals surface area contributed by atoms with Gasteiger partial charge in [-0.1, -0.05) is 19.9 Å². The van der Waals surface area contributed by atoms with Gasteiger partial charge in [0.2, 0.25) is 5.91 Å². The molecule has 102 valence electrons. The van der Waals surface area contributed by atoms with Crippen molar-refractivity contribution < 1.29 is 4.79 Å². The van der Waals surface area contributed by atoms with Crippen LogP contribution < -0.4 is 11.1 Å². The zero-order valence-electron chi connectivity index (χ0n) is 11.5. The minimum absolute atomic E-state index is 0.0926. The van der Waals surface area contributed by atoms with Crippen LogP contribution in [0.25, 0.3) is 0 Å². The van der Waals surface area contributed by atoms with E-state index in [4.69, 9.17) is 5.73 Å². The van der Waals surface area contributed by atoms with Crippen molar-refractivity contribution in [1.82, 2.24) is 5.32 Å². The molecule has 4 heteroatoms. The van der Waals surface area contributed by atoms with Gasteiger partial charge < -0.3 is 11.1 Å². The van der Waals surface area contributed by atoms with Gasteiger partial charge in [0, 0.05) is 11.3 Å². The molecule has 0 aromatic carbocycles. The lowest BCUT2D eigenvalue weighted by atomic mass is 9.94. The van der Waals surface area contributed by atoms with Crippen LogP contribution in [0.2, 0.25) is 0 Å². The van der Waals surface area contributed by atoms with E-state index in [1.807, 2.05) is 24.4 Å². The van der Waals surface area contributed by atoms with Gasteiger partial charge in [0.15, 0.2) is 0 Å². The van der Waals surface area contributed by atoms with Gasteiger partial charge in [-0.2, -0.15) is 0 Å². The van der Waals surface area contributed by atoms with Crippen molar-refractivity contribution >= 4 is 17.2 Å². The molecule has 0 aliphatic rings. The fourth-order valence-corrected chi connectivity index (χ4v) is 2.84. The third kappa shape index (κ3) is 5.19. The Labute approximate surface area is 114 Å². The van der Waals surface area contributed by atoms with Gasteiger partial charge >= 0.3 is 0 Å². The quantitative estimate of drug-likeness (QED) is 0.799. The third-order valence-corrected chi connectivity index (χ3v) is 4.01. The number of rotatable bonds is 7. The summed E-state index contributed by atoms with van der Waals surface area (Å²) in [4.78, 5) is 13.1. The van der Waals surface area contributed by atoms with Crippen molar-refractivity contribution in [3.05, 3.63) is 22.4 Å². The molecule has 1 aromatic rings. The number of carbonyl (C=O) groups is 1. The van der Waals surface area contributed by atoms with Crippen molar-refractivity contribution in [2.75, 3.05) is 6.54 Å². The van der Waals surface area contributed by atoms with Gasteiger partial charge in [0.05, 0.1) is 6.04 Å². The minimum atomic E-state index is 0.0926. The Morgan fingerprint density at radius 1 is 1.44 bits per heavy atom. The Kier molecular flexibility index (Phi) is 6.36. The second-order valence-electron chi connectivity index (χ2n) is 5.24. The molecule has 3 nitrogen and oxygen atoms in total. The Hall–Kier alpha value is -0.870. The average molecular weight is 268 g/mol. The van der Waals surface area contributed by atoms with Gasteiger partial charge in [0.1, 0.15) is 0 Å². The van der Waals surface area contributed by atoms with Crippen molar-refractivity contribution in [2.24, 2.45) is 17.6 Å². The summed E-state index contributed by atoms with van der Waals surface area (Å²) in [5.74, 6) is 0.980. The summed E-state index contributed by atoms with van der Waals surface area (Å²) >= 11 is 1.67. The first-order valence-corrected chi connectivity index (χ1v) is 7.43. The van der Waals surface area contributed by atoms with Crippen LogP contribution in [-0.4, -0.2) is 12.5 Å². The van der Waals surface area contributed by atoms with Crippen molar-refractivity contribution in [2.45, 2.75) is 39.7 Å².